The standard InChI is InChI=1S/C17H25NO2/c1-6-8-9-14(7-2)15-10-12-18(13-11-15)16(19)20-17(3,4)5/h6-10H,1,11-13H2,2-5H3/b9-8-,14-7+. The average molecular weight is 275 g/mol. The van der Waals surface area contributed by atoms with Crippen LogP contribution in [0.4, 0.5) is 4.79 Å². The van der Waals surface area contributed by atoms with Gasteiger partial charge < -0.3 is 9.64 Å². The van der Waals surface area contributed by atoms with Crippen LogP contribution in [0.15, 0.2) is 48.1 Å². The molecule has 1 aliphatic rings. The molecule has 110 valence electrons. The van der Waals surface area contributed by atoms with Crippen LogP contribution in [0.5, 0.6) is 0 Å². The van der Waals surface area contributed by atoms with Crippen molar-refractivity contribution < 1.29 is 9.53 Å². The quantitative estimate of drug-likeness (QED) is 0.721. The van der Waals surface area contributed by atoms with Crippen LogP contribution in [0.1, 0.15) is 34.1 Å². The van der Waals surface area contributed by atoms with Gasteiger partial charge in [0.25, 0.3) is 0 Å². The number of hydrogen-bond donors (Lipinski definition) is 0. The fourth-order valence-corrected chi connectivity index (χ4v) is 1.98. The first-order valence-corrected chi connectivity index (χ1v) is 7.00. The summed E-state index contributed by atoms with van der Waals surface area (Å²) in [5.41, 5.74) is 2.02. The molecule has 20 heavy (non-hydrogen) atoms. The van der Waals surface area contributed by atoms with Crippen molar-refractivity contribution in [3.05, 3.63) is 48.1 Å². The maximum absolute atomic E-state index is 12.0. The van der Waals surface area contributed by atoms with Gasteiger partial charge in [-0.25, -0.2) is 4.79 Å². The highest BCUT2D eigenvalue weighted by molar-refractivity contribution is 5.68. The maximum Gasteiger partial charge on any atom is 0.410 e. The van der Waals surface area contributed by atoms with Gasteiger partial charge in [-0.15, -0.1) is 0 Å². The molecular formula is C17H25NO2. The van der Waals surface area contributed by atoms with Crippen molar-refractivity contribution in [3.8, 4) is 0 Å². The summed E-state index contributed by atoms with van der Waals surface area (Å²) in [6.07, 6.45) is 10.5. The third-order valence-corrected chi connectivity index (χ3v) is 2.95. The number of rotatable bonds is 3. The lowest BCUT2D eigenvalue weighted by Crippen LogP contribution is -2.39. The van der Waals surface area contributed by atoms with E-state index in [2.05, 4.69) is 18.7 Å². The van der Waals surface area contributed by atoms with E-state index in [0.29, 0.717) is 13.1 Å². The zero-order valence-corrected chi connectivity index (χ0v) is 13.0. The molecule has 1 aliphatic heterocycles. The number of allylic oxidation sites excluding steroid dienone is 5. The van der Waals surface area contributed by atoms with Crippen molar-refractivity contribution in [2.75, 3.05) is 13.1 Å². The molecule has 0 N–H and O–H groups in total. The van der Waals surface area contributed by atoms with Crippen LogP contribution in [0.2, 0.25) is 0 Å². The Labute approximate surface area is 122 Å². The summed E-state index contributed by atoms with van der Waals surface area (Å²) < 4.78 is 5.38. The lowest BCUT2D eigenvalue weighted by molar-refractivity contribution is 0.0266. The van der Waals surface area contributed by atoms with Gasteiger partial charge in [0.1, 0.15) is 5.60 Å². The molecule has 0 spiro atoms. The van der Waals surface area contributed by atoms with Gasteiger partial charge >= 0.3 is 6.09 Å². The summed E-state index contributed by atoms with van der Waals surface area (Å²) in [6, 6.07) is 0. The van der Waals surface area contributed by atoms with Crippen LogP contribution in [0, 0.1) is 0 Å². The van der Waals surface area contributed by atoms with E-state index in [1.54, 1.807) is 11.0 Å². The number of amides is 1. The van der Waals surface area contributed by atoms with E-state index in [4.69, 9.17) is 4.74 Å². The maximum atomic E-state index is 12.0. The molecule has 0 unspecified atom stereocenters. The van der Waals surface area contributed by atoms with E-state index in [-0.39, 0.29) is 6.09 Å². The number of nitrogens with zero attached hydrogens (tertiary/aromatic N) is 1. The molecule has 1 heterocycles. The van der Waals surface area contributed by atoms with Crippen LogP contribution < -0.4 is 0 Å². The van der Waals surface area contributed by atoms with Gasteiger partial charge in [-0.05, 0) is 45.3 Å². The van der Waals surface area contributed by atoms with Crippen LogP contribution >= 0.6 is 0 Å². The topological polar surface area (TPSA) is 29.5 Å². The highest BCUT2D eigenvalue weighted by Gasteiger charge is 2.23. The zero-order valence-electron chi connectivity index (χ0n) is 13.0. The second-order valence-electron chi connectivity index (χ2n) is 5.74. The van der Waals surface area contributed by atoms with Gasteiger partial charge in [-0.1, -0.05) is 37.0 Å². The molecule has 3 nitrogen and oxygen atoms in total. The Morgan fingerprint density at radius 2 is 2.15 bits per heavy atom. The minimum atomic E-state index is -0.442. The van der Waals surface area contributed by atoms with E-state index in [1.165, 1.54) is 11.1 Å². The lowest BCUT2D eigenvalue weighted by atomic mass is 9.99. The van der Waals surface area contributed by atoms with Gasteiger partial charge in [0.15, 0.2) is 0 Å². The summed E-state index contributed by atoms with van der Waals surface area (Å²) in [5.74, 6) is 0. The van der Waals surface area contributed by atoms with E-state index in [1.807, 2.05) is 39.8 Å². The molecule has 0 radical (unpaired) electrons. The van der Waals surface area contributed by atoms with Crippen molar-refractivity contribution in [1.29, 1.82) is 0 Å². The largest absolute Gasteiger partial charge is 0.444 e. The van der Waals surface area contributed by atoms with Crippen LogP contribution in [0.3, 0.4) is 0 Å². The lowest BCUT2D eigenvalue weighted by Gasteiger charge is -2.29. The van der Waals surface area contributed by atoms with Gasteiger partial charge in [0.05, 0.1) is 0 Å². The third kappa shape index (κ3) is 5.08. The molecule has 0 aliphatic carbocycles. The van der Waals surface area contributed by atoms with E-state index in [9.17, 15) is 4.79 Å². The molecule has 1 rings (SSSR count). The minimum absolute atomic E-state index is 0.239. The Bertz CT molecular complexity index is 450. The van der Waals surface area contributed by atoms with Gasteiger partial charge in [0, 0.05) is 13.1 Å². The molecule has 0 saturated carbocycles. The third-order valence-electron chi connectivity index (χ3n) is 2.95. The van der Waals surface area contributed by atoms with Crippen molar-refractivity contribution in [2.45, 2.75) is 39.7 Å². The smallest absolute Gasteiger partial charge is 0.410 e. The molecule has 0 saturated heterocycles. The first kappa shape index (κ1) is 16.3. The molecule has 0 aromatic rings. The molecule has 1 amide bonds. The highest BCUT2D eigenvalue weighted by Crippen LogP contribution is 2.21. The first-order valence-electron chi connectivity index (χ1n) is 7.00. The second kappa shape index (κ2) is 7.13. The summed E-state index contributed by atoms with van der Waals surface area (Å²) >= 11 is 0. The van der Waals surface area contributed by atoms with E-state index < -0.39 is 5.60 Å². The van der Waals surface area contributed by atoms with Crippen molar-refractivity contribution in [2.24, 2.45) is 0 Å². The Morgan fingerprint density at radius 1 is 1.45 bits per heavy atom. The Balaban J connectivity index is 2.67. The molecule has 0 atom stereocenters. The Kier molecular flexibility index (Phi) is 5.81. The second-order valence-corrected chi connectivity index (χ2v) is 5.74. The van der Waals surface area contributed by atoms with Crippen LogP contribution in [-0.4, -0.2) is 29.7 Å². The fraction of sp³-hybridized carbons (Fsp3) is 0.471. The number of hydrogen-bond acceptors (Lipinski definition) is 2. The van der Waals surface area contributed by atoms with Gasteiger partial charge in [0.2, 0.25) is 0 Å². The predicted octanol–water partition coefficient (Wildman–Crippen LogP) is 4.24. The molecule has 0 aromatic heterocycles. The average Bonchev–Trinajstić information content (AvgIpc) is 2.38. The van der Waals surface area contributed by atoms with Crippen molar-refractivity contribution in [1.82, 2.24) is 4.90 Å². The Hall–Kier alpha value is -1.77. The molecule has 3 heteroatoms. The number of carbonyl (C=O) groups is 1. The minimum Gasteiger partial charge on any atom is -0.444 e. The summed E-state index contributed by atoms with van der Waals surface area (Å²) in [5, 5.41) is 0. The zero-order chi connectivity index (χ0) is 15.2. The Morgan fingerprint density at radius 3 is 2.60 bits per heavy atom. The van der Waals surface area contributed by atoms with Crippen molar-refractivity contribution >= 4 is 6.09 Å². The van der Waals surface area contributed by atoms with Gasteiger partial charge in [-0.2, -0.15) is 0 Å². The SMILES string of the molecule is C=C/C=C\C(=C/C)C1=CCN(C(=O)OC(C)(C)C)CC1. The highest BCUT2D eigenvalue weighted by atomic mass is 16.6. The molecule has 0 bridgehead atoms. The summed E-state index contributed by atoms with van der Waals surface area (Å²) in [7, 11) is 0. The molecule has 0 fully saturated rings. The summed E-state index contributed by atoms with van der Waals surface area (Å²) in [4.78, 5) is 13.7. The van der Waals surface area contributed by atoms with E-state index >= 15 is 0 Å². The molecular weight excluding hydrogens is 250 g/mol. The molecule has 0 aromatic carbocycles. The van der Waals surface area contributed by atoms with Crippen molar-refractivity contribution in [3.63, 3.8) is 0 Å². The van der Waals surface area contributed by atoms with E-state index in [0.717, 1.165) is 6.42 Å². The first-order chi connectivity index (χ1) is 9.37. The van der Waals surface area contributed by atoms with Crippen LogP contribution in [-0.2, 0) is 4.74 Å². The number of carbonyl (C=O) groups excluding carboxylic acids is 1. The number of ether oxygens (including phenoxy) is 1. The summed E-state index contributed by atoms with van der Waals surface area (Å²) in [6.45, 7) is 12.6. The normalized spacial score (nSPS) is 17.1. The predicted molar refractivity (Wildman–Crippen MR) is 83.6 cm³/mol. The van der Waals surface area contributed by atoms with Gasteiger partial charge in [-0.3, -0.25) is 0 Å². The fourth-order valence-electron chi connectivity index (χ4n) is 1.98. The monoisotopic (exact) mass is 275 g/mol. The van der Waals surface area contributed by atoms with Crippen LogP contribution in [0.25, 0.3) is 0 Å².